The Morgan fingerprint density at radius 2 is 1.00 bits per heavy atom. The number of ether oxygens (including phenoxy) is 2. The maximum Gasteiger partial charge on any atom is 0.143 e. The van der Waals surface area contributed by atoms with Crippen LogP contribution in [0.4, 0.5) is 0 Å². The molecule has 2 aliphatic heterocycles. The summed E-state index contributed by atoms with van der Waals surface area (Å²) in [6.45, 7) is 3.96. The van der Waals surface area contributed by atoms with Crippen molar-refractivity contribution in [3.8, 4) is 22.9 Å². The van der Waals surface area contributed by atoms with Crippen LogP contribution in [0.2, 0.25) is 0 Å². The Bertz CT molecular complexity index is 2670. The number of allylic oxidation sites excluding steroid dienone is 2. The van der Waals surface area contributed by atoms with Gasteiger partial charge in [0.1, 0.15) is 34.8 Å². The second-order valence-electron chi connectivity index (χ2n) is 16.4. The molecular weight excluding hydrogens is 797 g/mol. The highest BCUT2D eigenvalue weighted by molar-refractivity contribution is 5.59. The van der Waals surface area contributed by atoms with E-state index >= 15 is 0 Å². The van der Waals surface area contributed by atoms with E-state index in [1.807, 2.05) is 47.5 Å². The van der Waals surface area contributed by atoms with Gasteiger partial charge < -0.3 is 27.7 Å². The van der Waals surface area contributed by atoms with E-state index in [9.17, 15) is 0 Å². The number of aryl methyl sites for hydroxylation is 4. The fourth-order valence-corrected chi connectivity index (χ4v) is 8.94. The van der Waals surface area contributed by atoms with Gasteiger partial charge in [0, 0.05) is 38.1 Å². The van der Waals surface area contributed by atoms with Gasteiger partial charge in [-0.2, -0.15) is 0 Å². The standard InChI is InChI=1S/2C26H27N5O/c2*1-19-17-30(18-27-19)23-15-14-20(16-24(23)32-2)8-6-12-25-28-29-26-13-7-11-22(31(25)26)21-9-4-3-5-10-21/h2*3-6,8-10,14-18,22H,7,11-13H2,1-2H3/b2*8-6+/t2*22-/m10/s1. The SMILES string of the molecule is COc1cc(/C=C/Cc2nnc3n2[C@@H](c2ccccc2)CCC3)ccc1-n1cnc(C)c1.COc1cc(/C=C/Cc2nnc3n2[C@H](c2ccccc2)CCC3)ccc1-n1cnc(C)c1. The van der Waals surface area contributed by atoms with Crippen molar-refractivity contribution in [3.63, 3.8) is 0 Å². The van der Waals surface area contributed by atoms with Gasteiger partial charge in [-0.05, 0) is 86.1 Å². The number of rotatable bonds is 12. The molecule has 4 aromatic carbocycles. The van der Waals surface area contributed by atoms with E-state index in [0.29, 0.717) is 12.1 Å². The maximum atomic E-state index is 5.63. The Hall–Kier alpha value is -7.34. The Morgan fingerprint density at radius 3 is 1.39 bits per heavy atom. The van der Waals surface area contributed by atoms with Crippen molar-refractivity contribution >= 4 is 12.2 Å². The van der Waals surface area contributed by atoms with E-state index in [0.717, 1.165) is 120 Å². The van der Waals surface area contributed by atoms with Crippen molar-refractivity contribution in [2.75, 3.05) is 14.2 Å². The molecule has 0 bridgehead atoms. The summed E-state index contributed by atoms with van der Waals surface area (Å²) in [4.78, 5) is 8.62. The third kappa shape index (κ3) is 9.22. The highest BCUT2D eigenvalue weighted by Gasteiger charge is 2.26. The molecule has 4 aromatic heterocycles. The number of aromatic nitrogens is 10. The smallest absolute Gasteiger partial charge is 0.143 e. The third-order valence-electron chi connectivity index (χ3n) is 12.0. The average molecular weight is 851 g/mol. The first-order valence-electron chi connectivity index (χ1n) is 22.1. The molecule has 0 amide bonds. The van der Waals surface area contributed by atoms with E-state index in [1.54, 1.807) is 26.9 Å². The van der Waals surface area contributed by atoms with Crippen molar-refractivity contribution in [2.45, 2.75) is 77.3 Å². The average Bonchev–Trinajstić information content (AvgIpc) is 4.17. The van der Waals surface area contributed by atoms with Gasteiger partial charge in [0.05, 0.1) is 61.7 Å². The number of fused-ring (bicyclic) bond motifs is 2. The van der Waals surface area contributed by atoms with Crippen LogP contribution in [0.15, 0.2) is 134 Å². The van der Waals surface area contributed by atoms with Crippen LogP contribution in [0.3, 0.4) is 0 Å². The number of hydrogen-bond donors (Lipinski definition) is 0. The summed E-state index contributed by atoms with van der Waals surface area (Å²) in [5.41, 5.74) is 8.72. The van der Waals surface area contributed by atoms with Crippen LogP contribution in [-0.2, 0) is 25.7 Å². The van der Waals surface area contributed by atoms with E-state index in [4.69, 9.17) is 9.47 Å². The molecule has 0 radical (unpaired) electrons. The molecule has 12 nitrogen and oxygen atoms in total. The topological polar surface area (TPSA) is 116 Å². The molecule has 2 aliphatic rings. The first kappa shape index (κ1) is 42.0. The molecule has 64 heavy (non-hydrogen) atoms. The predicted octanol–water partition coefficient (Wildman–Crippen LogP) is 9.92. The molecule has 0 N–H and O–H groups in total. The number of nitrogens with zero attached hydrogens (tertiary/aromatic N) is 10. The molecule has 0 unspecified atom stereocenters. The molecule has 10 rings (SSSR count). The zero-order valence-electron chi connectivity index (χ0n) is 37.0. The monoisotopic (exact) mass is 850 g/mol. The van der Waals surface area contributed by atoms with Crippen molar-refractivity contribution in [2.24, 2.45) is 0 Å². The van der Waals surface area contributed by atoms with Crippen LogP contribution < -0.4 is 9.47 Å². The zero-order valence-corrected chi connectivity index (χ0v) is 37.0. The van der Waals surface area contributed by atoms with Gasteiger partial charge in [-0.25, -0.2) is 9.97 Å². The van der Waals surface area contributed by atoms with Crippen molar-refractivity contribution in [1.29, 1.82) is 0 Å². The van der Waals surface area contributed by atoms with Crippen molar-refractivity contribution in [1.82, 2.24) is 48.6 Å². The molecule has 324 valence electrons. The van der Waals surface area contributed by atoms with Crippen LogP contribution in [0.1, 0.15) is 94.7 Å². The molecule has 0 fully saturated rings. The molecule has 0 saturated carbocycles. The summed E-state index contributed by atoms with van der Waals surface area (Å²) < 4.78 is 19.9. The van der Waals surface area contributed by atoms with E-state index in [2.05, 4.69) is 149 Å². The second kappa shape index (κ2) is 19.4. The van der Waals surface area contributed by atoms with Gasteiger partial charge in [-0.1, -0.05) is 97.1 Å². The van der Waals surface area contributed by atoms with Gasteiger partial charge >= 0.3 is 0 Å². The van der Waals surface area contributed by atoms with E-state index < -0.39 is 0 Å². The molecule has 2 atom stereocenters. The molecule has 0 aliphatic carbocycles. The lowest BCUT2D eigenvalue weighted by Crippen LogP contribution is -2.21. The number of imidazole rings is 2. The molecule has 6 heterocycles. The van der Waals surface area contributed by atoms with Gasteiger partial charge in [0.15, 0.2) is 0 Å². The number of methoxy groups -OCH3 is 2. The van der Waals surface area contributed by atoms with Crippen LogP contribution in [0.25, 0.3) is 23.5 Å². The Morgan fingerprint density at radius 1 is 0.562 bits per heavy atom. The Kier molecular flexibility index (Phi) is 12.7. The zero-order chi connectivity index (χ0) is 43.8. The second-order valence-corrected chi connectivity index (χ2v) is 16.4. The summed E-state index contributed by atoms with van der Waals surface area (Å²) >= 11 is 0. The number of hydrogen-bond acceptors (Lipinski definition) is 8. The lowest BCUT2D eigenvalue weighted by atomic mass is 9.97. The number of benzene rings is 4. The minimum absolute atomic E-state index is 0.316. The predicted molar refractivity (Wildman–Crippen MR) is 250 cm³/mol. The van der Waals surface area contributed by atoms with Crippen LogP contribution >= 0.6 is 0 Å². The summed E-state index contributed by atoms with van der Waals surface area (Å²) in [5, 5.41) is 18.0. The van der Waals surface area contributed by atoms with Gasteiger partial charge in [-0.3, -0.25) is 0 Å². The highest BCUT2D eigenvalue weighted by Crippen LogP contribution is 2.33. The van der Waals surface area contributed by atoms with Gasteiger partial charge in [-0.15, -0.1) is 20.4 Å². The Balaban J connectivity index is 0.000000162. The summed E-state index contributed by atoms with van der Waals surface area (Å²) in [6, 6.07) is 34.4. The van der Waals surface area contributed by atoms with Crippen molar-refractivity contribution in [3.05, 3.63) is 191 Å². The molecule has 0 saturated heterocycles. The summed E-state index contributed by atoms with van der Waals surface area (Å²) in [5.74, 6) is 5.84. The highest BCUT2D eigenvalue weighted by atomic mass is 16.5. The van der Waals surface area contributed by atoms with Gasteiger partial charge in [0.2, 0.25) is 0 Å². The third-order valence-corrected chi connectivity index (χ3v) is 12.0. The minimum atomic E-state index is 0.316. The molecular formula is C52H54N10O2. The summed E-state index contributed by atoms with van der Waals surface area (Å²) in [6.07, 6.45) is 24.1. The normalized spacial score (nSPS) is 15.8. The summed E-state index contributed by atoms with van der Waals surface area (Å²) in [7, 11) is 3.39. The van der Waals surface area contributed by atoms with E-state index in [1.165, 1.54) is 11.1 Å². The quantitative estimate of drug-likeness (QED) is 0.119. The molecule has 8 aromatic rings. The molecule has 0 spiro atoms. The lowest BCUT2D eigenvalue weighted by molar-refractivity contribution is 0.412. The largest absolute Gasteiger partial charge is 0.495 e. The van der Waals surface area contributed by atoms with Crippen molar-refractivity contribution < 1.29 is 9.47 Å². The Labute approximate surface area is 374 Å². The van der Waals surface area contributed by atoms with E-state index in [-0.39, 0.29) is 0 Å². The minimum Gasteiger partial charge on any atom is -0.495 e. The van der Waals surface area contributed by atoms with Crippen LogP contribution in [-0.4, -0.2) is 62.9 Å². The van der Waals surface area contributed by atoms with Gasteiger partial charge in [0.25, 0.3) is 0 Å². The maximum absolute atomic E-state index is 5.63. The molecule has 12 heteroatoms. The van der Waals surface area contributed by atoms with Crippen LogP contribution in [0, 0.1) is 13.8 Å². The first-order valence-corrected chi connectivity index (χ1v) is 22.1. The van der Waals surface area contributed by atoms with Crippen LogP contribution in [0.5, 0.6) is 11.5 Å². The lowest BCUT2D eigenvalue weighted by Gasteiger charge is -2.26. The first-order chi connectivity index (χ1) is 31.4. The fraction of sp³-hybridized carbons (Fsp3) is 0.269. The fourth-order valence-electron chi connectivity index (χ4n) is 8.94.